The lowest BCUT2D eigenvalue weighted by Crippen LogP contribution is -2.33. The van der Waals surface area contributed by atoms with Crippen LogP contribution in [0.1, 0.15) is 22.7 Å². The number of nitrogens with zero attached hydrogens (tertiary/aromatic N) is 2. The van der Waals surface area contributed by atoms with Crippen molar-refractivity contribution in [2.45, 2.75) is 12.6 Å². The molecule has 0 radical (unpaired) electrons. The van der Waals surface area contributed by atoms with Gasteiger partial charge in [0, 0.05) is 12.2 Å². The predicted molar refractivity (Wildman–Crippen MR) is 122 cm³/mol. The van der Waals surface area contributed by atoms with Crippen LogP contribution in [0.2, 0.25) is 0 Å². The Bertz CT molecular complexity index is 1170. The molecular weight excluding hydrogens is 424 g/mol. The molecule has 0 aliphatic heterocycles. The minimum absolute atomic E-state index is 0.104. The highest BCUT2D eigenvalue weighted by Crippen LogP contribution is 2.38. The van der Waals surface area contributed by atoms with E-state index in [9.17, 15) is 14.9 Å². The van der Waals surface area contributed by atoms with E-state index in [-0.39, 0.29) is 29.3 Å². The van der Waals surface area contributed by atoms with E-state index in [1.807, 2.05) is 36.4 Å². The van der Waals surface area contributed by atoms with E-state index in [0.717, 1.165) is 5.56 Å². The molecule has 0 aliphatic rings. The highest BCUT2D eigenvalue weighted by Gasteiger charge is 2.30. The van der Waals surface area contributed by atoms with Crippen molar-refractivity contribution in [3.05, 3.63) is 93.5 Å². The summed E-state index contributed by atoms with van der Waals surface area (Å²) < 4.78 is 10.5. The molecule has 0 spiro atoms. The molecule has 3 aromatic rings. The standard InChI is InChI=1S/C24H22N4O5/c1-32-21-12-19(20(28(30)31)13-22(21)33-2)23(27-18-10-8-16(14-25)9-11-18)24(29)26-15-17-6-4-3-5-7-17/h3-13,23,27H,15H2,1-2H3,(H,26,29). The van der Waals surface area contributed by atoms with Crippen molar-refractivity contribution >= 4 is 17.3 Å². The van der Waals surface area contributed by atoms with Crippen LogP contribution >= 0.6 is 0 Å². The second kappa shape index (κ2) is 10.6. The molecule has 33 heavy (non-hydrogen) atoms. The van der Waals surface area contributed by atoms with Gasteiger partial charge in [-0.1, -0.05) is 30.3 Å². The van der Waals surface area contributed by atoms with Crippen LogP contribution < -0.4 is 20.1 Å². The van der Waals surface area contributed by atoms with Crippen molar-refractivity contribution in [2.24, 2.45) is 0 Å². The van der Waals surface area contributed by atoms with Gasteiger partial charge in [-0.25, -0.2) is 0 Å². The molecule has 2 N–H and O–H groups in total. The fourth-order valence-corrected chi connectivity index (χ4v) is 3.25. The fraction of sp³-hybridized carbons (Fsp3) is 0.167. The van der Waals surface area contributed by atoms with Gasteiger partial charge in [-0.05, 0) is 35.9 Å². The van der Waals surface area contributed by atoms with E-state index in [1.165, 1.54) is 26.4 Å². The summed E-state index contributed by atoms with van der Waals surface area (Å²) in [5.74, 6) is -0.0473. The first-order valence-electron chi connectivity index (χ1n) is 9.95. The number of hydrogen-bond acceptors (Lipinski definition) is 7. The maximum atomic E-state index is 13.3. The van der Waals surface area contributed by atoms with Gasteiger partial charge >= 0.3 is 0 Å². The zero-order chi connectivity index (χ0) is 23.8. The lowest BCUT2D eigenvalue weighted by molar-refractivity contribution is -0.385. The van der Waals surface area contributed by atoms with E-state index in [4.69, 9.17) is 14.7 Å². The number of benzene rings is 3. The van der Waals surface area contributed by atoms with Gasteiger partial charge < -0.3 is 20.1 Å². The lowest BCUT2D eigenvalue weighted by Gasteiger charge is -2.21. The fourth-order valence-electron chi connectivity index (χ4n) is 3.25. The van der Waals surface area contributed by atoms with Crippen molar-refractivity contribution in [1.29, 1.82) is 5.26 Å². The second-order valence-corrected chi connectivity index (χ2v) is 6.99. The number of nitro groups is 1. The third-order valence-electron chi connectivity index (χ3n) is 4.94. The smallest absolute Gasteiger partial charge is 0.279 e. The number of nitro benzene ring substituents is 1. The Morgan fingerprint density at radius 1 is 1.06 bits per heavy atom. The van der Waals surface area contributed by atoms with Gasteiger partial charge in [0.1, 0.15) is 6.04 Å². The van der Waals surface area contributed by atoms with Crippen LogP contribution in [0, 0.1) is 21.4 Å². The lowest BCUT2D eigenvalue weighted by atomic mass is 10.0. The molecule has 9 heteroatoms. The Morgan fingerprint density at radius 3 is 2.27 bits per heavy atom. The number of anilines is 1. The normalized spacial score (nSPS) is 11.1. The van der Waals surface area contributed by atoms with Gasteiger partial charge in [-0.3, -0.25) is 14.9 Å². The third kappa shape index (κ3) is 5.57. The largest absolute Gasteiger partial charge is 0.493 e. The molecule has 0 fully saturated rings. The number of nitrogens with one attached hydrogen (secondary N) is 2. The van der Waals surface area contributed by atoms with Crippen LogP contribution in [0.5, 0.6) is 11.5 Å². The molecule has 0 saturated heterocycles. The van der Waals surface area contributed by atoms with E-state index in [1.54, 1.807) is 24.3 Å². The number of ether oxygens (including phenoxy) is 2. The van der Waals surface area contributed by atoms with Crippen molar-refractivity contribution < 1.29 is 19.2 Å². The van der Waals surface area contributed by atoms with Gasteiger partial charge in [0.25, 0.3) is 5.69 Å². The summed E-state index contributed by atoms with van der Waals surface area (Å²) in [6, 6.07) is 19.3. The monoisotopic (exact) mass is 446 g/mol. The number of hydrogen-bond donors (Lipinski definition) is 2. The molecule has 0 aliphatic carbocycles. The van der Waals surface area contributed by atoms with Crippen LogP contribution in [0.4, 0.5) is 11.4 Å². The quantitative estimate of drug-likeness (QED) is 0.376. The van der Waals surface area contributed by atoms with Crippen molar-refractivity contribution in [3.63, 3.8) is 0 Å². The second-order valence-electron chi connectivity index (χ2n) is 6.99. The molecule has 0 saturated carbocycles. The van der Waals surface area contributed by atoms with E-state index in [0.29, 0.717) is 11.3 Å². The summed E-state index contributed by atoms with van der Waals surface area (Å²) in [7, 11) is 2.78. The van der Waals surface area contributed by atoms with Crippen molar-refractivity contribution in [2.75, 3.05) is 19.5 Å². The zero-order valence-corrected chi connectivity index (χ0v) is 18.1. The molecule has 1 unspecified atom stereocenters. The summed E-state index contributed by atoms with van der Waals surface area (Å²) in [6.45, 7) is 0.242. The first-order chi connectivity index (χ1) is 16.0. The minimum atomic E-state index is -1.12. The zero-order valence-electron chi connectivity index (χ0n) is 18.1. The minimum Gasteiger partial charge on any atom is -0.493 e. The van der Waals surface area contributed by atoms with Crippen molar-refractivity contribution in [3.8, 4) is 17.6 Å². The van der Waals surface area contributed by atoms with Gasteiger partial charge in [0.05, 0.1) is 42.4 Å². The molecule has 0 bridgehead atoms. The number of nitriles is 1. The highest BCUT2D eigenvalue weighted by molar-refractivity contribution is 5.87. The number of rotatable bonds is 9. The van der Waals surface area contributed by atoms with E-state index < -0.39 is 16.9 Å². The molecular formula is C24H22N4O5. The van der Waals surface area contributed by atoms with E-state index >= 15 is 0 Å². The summed E-state index contributed by atoms with van der Waals surface area (Å²) in [5, 5.41) is 26.7. The molecule has 9 nitrogen and oxygen atoms in total. The number of methoxy groups -OCH3 is 2. The molecule has 0 aromatic heterocycles. The van der Waals surface area contributed by atoms with Crippen molar-refractivity contribution in [1.82, 2.24) is 5.32 Å². The Balaban J connectivity index is 2.02. The van der Waals surface area contributed by atoms with Crippen LogP contribution in [0.3, 0.4) is 0 Å². The molecule has 3 aromatic carbocycles. The van der Waals surface area contributed by atoms with Crippen LogP contribution in [-0.2, 0) is 11.3 Å². The number of carbonyl (C=O) groups is 1. The maximum absolute atomic E-state index is 13.3. The average Bonchev–Trinajstić information content (AvgIpc) is 2.85. The Hall–Kier alpha value is -4.58. The Morgan fingerprint density at radius 2 is 1.70 bits per heavy atom. The van der Waals surface area contributed by atoms with Gasteiger partial charge in [-0.15, -0.1) is 0 Å². The van der Waals surface area contributed by atoms with E-state index in [2.05, 4.69) is 10.6 Å². The summed E-state index contributed by atoms with van der Waals surface area (Å²) in [6.07, 6.45) is 0. The SMILES string of the molecule is COc1cc(C(Nc2ccc(C#N)cc2)C(=O)NCc2ccccc2)c([N+](=O)[O-])cc1OC. The first kappa shape index (κ1) is 23.1. The van der Waals surface area contributed by atoms with Crippen LogP contribution in [-0.4, -0.2) is 25.1 Å². The summed E-state index contributed by atoms with van der Waals surface area (Å²) in [5.41, 5.74) is 1.65. The highest BCUT2D eigenvalue weighted by atomic mass is 16.6. The topological polar surface area (TPSA) is 127 Å². The molecule has 1 amide bonds. The predicted octanol–water partition coefficient (Wildman–Crippen LogP) is 3.95. The third-order valence-corrected chi connectivity index (χ3v) is 4.94. The molecule has 168 valence electrons. The molecule has 3 rings (SSSR count). The van der Waals surface area contributed by atoms with Gasteiger partial charge in [0.2, 0.25) is 5.91 Å². The van der Waals surface area contributed by atoms with Gasteiger partial charge in [-0.2, -0.15) is 5.26 Å². The number of carbonyl (C=O) groups excluding carboxylic acids is 1. The molecule has 0 heterocycles. The van der Waals surface area contributed by atoms with Crippen LogP contribution in [0.15, 0.2) is 66.7 Å². The Kier molecular flexibility index (Phi) is 7.44. The average molecular weight is 446 g/mol. The Labute approximate surface area is 190 Å². The molecule has 1 atom stereocenters. The summed E-state index contributed by atoms with van der Waals surface area (Å²) >= 11 is 0. The van der Waals surface area contributed by atoms with Crippen LogP contribution in [0.25, 0.3) is 0 Å². The van der Waals surface area contributed by atoms with Gasteiger partial charge in [0.15, 0.2) is 11.5 Å². The first-order valence-corrected chi connectivity index (χ1v) is 9.95. The maximum Gasteiger partial charge on any atom is 0.279 e. The summed E-state index contributed by atoms with van der Waals surface area (Å²) in [4.78, 5) is 24.5. The number of amides is 1.